The first kappa shape index (κ1) is 16.0. The number of hydrogen-bond acceptors (Lipinski definition) is 3. The first-order valence-electron chi connectivity index (χ1n) is 7.08. The Morgan fingerprint density at radius 1 is 1.26 bits per heavy atom. The van der Waals surface area contributed by atoms with E-state index in [9.17, 15) is 5.11 Å². The minimum Gasteiger partial charge on any atom is -0.497 e. The zero-order valence-corrected chi connectivity index (χ0v) is 12.6. The molecule has 1 aromatic rings. The minimum absolute atomic E-state index is 0.246. The molecular weight excluding hydrogens is 238 g/mol. The standard InChI is InChI=1S/C16H27NO2/c1-5-15(18)12-17(10-13(2)3)11-14-7-6-8-16(9-14)19-4/h6-9,13,15,18H,5,10-12H2,1-4H3/t15-/m0/s1. The SMILES string of the molecule is CC[C@H](O)CN(Cc1cccc(OC)c1)CC(C)C. The second-order valence-corrected chi connectivity index (χ2v) is 5.50. The van der Waals surface area contributed by atoms with Crippen LogP contribution in [0.3, 0.4) is 0 Å². The molecule has 0 aliphatic heterocycles. The average Bonchev–Trinajstić information content (AvgIpc) is 2.38. The highest BCUT2D eigenvalue weighted by molar-refractivity contribution is 5.28. The molecule has 3 heteroatoms. The van der Waals surface area contributed by atoms with Crippen molar-refractivity contribution in [3.63, 3.8) is 0 Å². The van der Waals surface area contributed by atoms with Crippen LogP contribution >= 0.6 is 0 Å². The molecule has 3 nitrogen and oxygen atoms in total. The van der Waals surface area contributed by atoms with Gasteiger partial charge in [-0.05, 0) is 30.0 Å². The predicted molar refractivity (Wildman–Crippen MR) is 79.4 cm³/mol. The van der Waals surface area contributed by atoms with Crippen LogP contribution in [0, 0.1) is 5.92 Å². The molecule has 1 N–H and O–H groups in total. The van der Waals surface area contributed by atoms with Gasteiger partial charge >= 0.3 is 0 Å². The van der Waals surface area contributed by atoms with E-state index in [0.717, 1.165) is 31.8 Å². The molecule has 0 heterocycles. The maximum absolute atomic E-state index is 9.85. The first-order chi connectivity index (χ1) is 9.05. The highest BCUT2D eigenvalue weighted by Gasteiger charge is 2.12. The molecule has 19 heavy (non-hydrogen) atoms. The molecule has 0 aliphatic carbocycles. The molecule has 0 amide bonds. The Morgan fingerprint density at radius 2 is 2.00 bits per heavy atom. The molecule has 0 unspecified atom stereocenters. The van der Waals surface area contributed by atoms with Gasteiger partial charge in [0.05, 0.1) is 13.2 Å². The lowest BCUT2D eigenvalue weighted by atomic mass is 10.1. The number of rotatable bonds is 8. The van der Waals surface area contributed by atoms with Gasteiger partial charge < -0.3 is 9.84 Å². The second kappa shape index (κ2) is 8.18. The molecular formula is C16H27NO2. The molecule has 0 aliphatic rings. The summed E-state index contributed by atoms with van der Waals surface area (Å²) in [6.45, 7) is 9.00. The zero-order chi connectivity index (χ0) is 14.3. The van der Waals surface area contributed by atoms with E-state index < -0.39 is 0 Å². The van der Waals surface area contributed by atoms with Gasteiger partial charge in [0, 0.05) is 19.6 Å². The number of hydrogen-bond donors (Lipinski definition) is 1. The van der Waals surface area contributed by atoms with Gasteiger partial charge in [0.25, 0.3) is 0 Å². The van der Waals surface area contributed by atoms with Crippen molar-refractivity contribution >= 4 is 0 Å². The average molecular weight is 265 g/mol. The van der Waals surface area contributed by atoms with Gasteiger partial charge in [-0.15, -0.1) is 0 Å². The van der Waals surface area contributed by atoms with E-state index in [-0.39, 0.29) is 6.10 Å². The minimum atomic E-state index is -0.246. The summed E-state index contributed by atoms with van der Waals surface area (Å²) < 4.78 is 5.25. The van der Waals surface area contributed by atoms with Gasteiger partial charge in [-0.1, -0.05) is 32.9 Å². The van der Waals surface area contributed by atoms with Crippen LogP contribution in [0.1, 0.15) is 32.8 Å². The summed E-state index contributed by atoms with van der Waals surface area (Å²) in [5, 5.41) is 9.85. The van der Waals surface area contributed by atoms with Crippen molar-refractivity contribution in [3.05, 3.63) is 29.8 Å². The molecule has 0 fully saturated rings. The Bertz CT molecular complexity index is 366. The zero-order valence-electron chi connectivity index (χ0n) is 12.6. The Kier molecular flexibility index (Phi) is 6.89. The molecule has 1 rings (SSSR count). The van der Waals surface area contributed by atoms with E-state index in [4.69, 9.17) is 4.74 Å². The third-order valence-corrected chi connectivity index (χ3v) is 3.10. The number of ether oxygens (including phenoxy) is 1. The molecule has 0 saturated carbocycles. The number of aliphatic hydroxyl groups is 1. The third kappa shape index (κ3) is 6.08. The Hall–Kier alpha value is -1.06. The van der Waals surface area contributed by atoms with Crippen molar-refractivity contribution < 1.29 is 9.84 Å². The van der Waals surface area contributed by atoms with Crippen LogP contribution in [0.25, 0.3) is 0 Å². The van der Waals surface area contributed by atoms with Gasteiger partial charge in [0.1, 0.15) is 5.75 Å². The van der Waals surface area contributed by atoms with Crippen molar-refractivity contribution in [1.29, 1.82) is 0 Å². The van der Waals surface area contributed by atoms with Gasteiger partial charge in [0.2, 0.25) is 0 Å². The summed E-state index contributed by atoms with van der Waals surface area (Å²) in [6, 6.07) is 8.13. The van der Waals surface area contributed by atoms with Crippen molar-refractivity contribution in [3.8, 4) is 5.75 Å². The number of aliphatic hydroxyl groups excluding tert-OH is 1. The quantitative estimate of drug-likeness (QED) is 0.784. The monoisotopic (exact) mass is 265 g/mol. The van der Waals surface area contributed by atoms with Gasteiger partial charge in [-0.25, -0.2) is 0 Å². The molecule has 108 valence electrons. The fraction of sp³-hybridized carbons (Fsp3) is 0.625. The van der Waals surface area contributed by atoms with E-state index in [1.807, 2.05) is 19.1 Å². The van der Waals surface area contributed by atoms with Gasteiger partial charge in [-0.2, -0.15) is 0 Å². The van der Waals surface area contributed by atoms with Gasteiger partial charge in [-0.3, -0.25) is 4.90 Å². The fourth-order valence-electron chi connectivity index (χ4n) is 2.18. The smallest absolute Gasteiger partial charge is 0.119 e. The van der Waals surface area contributed by atoms with Crippen molar-refractivity contribution in [1.82, 2.24) is 4.90 Å². The van der Waals surface area contributed by atoms with E-state index in [0.29, 0.717) is 5.92 Å². The fourth-order valence-corrected chi connectivity index (χ4v) is 2.18. The summed E-state index contributed by atoms with van der Waals surface area (Å²) >= 11 is 0. The molecule has 1 aromatic carbocycles. The Labute approximate surface area is 117 Å². The maximum Gasteiger partial charge on any atom is 0.119 e. The lowest BCUT2D eigenvalue weighted by Gasteiger charge is -2.26. The molecule has 0 radical (unpaired) electrons. The number of methoxy groups -OCH3 is 1. The molecule has 0 spiro atoms. The maximum atomic E-state index is 9.85. The first-order valence-corrected chi connectivity index (χ1v) is 7.08. The topological polar surface area (TPSA) is 32.7 Å². The number of benzene rings is 1. The highest BCUT2D eigenvalue weighted by atomic mass is 16.5. The van der Waals surface area contributed by atoms with E-state index in [1.54, 1.807) is 7.11 Å². The predicted octanol–water partition coefficient (Wildman–Crippen LogP) is 2.92. The van der Waals surface area contributed by atoms with E-state index in [1.165, 1.54) is 5.56 Å². The highest BCUT2D eigenvalue weighted by Crippen LogP contribution is 2.15. The summed E-state index contributed by atoms with van der Waals surface area (Å²) in [5.74, 6) is 1.48. The van der Waals surface area contributed by atoms with E-state index in [2.05, 4.69) is 30.9 Å². The summed E-state index contributed by atoms with van der Waals surface area (Å²) in [7, 11) is 1.69. The lowest BCUT2D eigenvalue weighted by molar-refractivity contribution is 0.0985. The van der Waals surface area contributed by atoms with Crippen LogP contribution in [0.15, 0.2) is 24.3 Å². The van der Waals surface area contributed by atoms with Crippen LogP contribution in [0.4, 0.5) is 0 Å². The lowest BCUT2D eigenvalue weighted by Crippen LogP contribution is -2.34. The van der Waals surface area contributed by atoms with Crippen LogP contribution in [-0.4, -0.2) is 36.3 Å². The molecule has 0 saturated heterocycles. The Balaban J connectivity index is 2.69. The van der Waals surface area contributed by atoms with Crippen LogP contribution in [0.5, 0.6) is 5.75 Å². The summed E-state index contributed by atoms with van der Waals surface area (Å²) in [4.78, 5) is 2.31. The van der Waals surface area contributed by atoms with Crippen molar-refractivity contribution in [2.24, 2.45) is 5.92 Å². The van der Waals surface area contributed by atoms with Crippen LogP contribution < -0.4 is 4.74 Å². The molecule has 1 atom stereocenters. The summed E-state index contributed by atoms with van der Waals surface area (Å²) in [5.41, 5.74) is 1.23. The Morgan fingerprint density at radius 3 is 2.58 bits per heavy atom. The normalized spacial score (nSPS) is 13.0. The largest absolute Gasteiger partial charge is 0.497 e. The third-order valence-electron chi connectivity index (χ3n) is 3.10. The van der Waals surface area contributed by atoms with Crippen LogP contribution in [0.2, 0.25) is 0 Å². The van der Waals surface area contributed by atoms with Gasteiger partial charge in [0.15, 0.2) is 0 Å². The van der Waals surface area contributed by atoms with Crippen LogP contribution in [-0.2, 0) is 6.54 Å². The second-order valence-electron chi connectivity index (χ2n) is 5.50. The van der Waals surface area contributed by atoms with Crippen molar-refractivity contribution in [2.45, 2.75) is 39.8 Å². The van der Waals surface area contributed by atoms with E-state index >= 15 is 0 Å². The number of nitrogens with zero attached hydrogens (tertiary/aromatic N) is 1. The van der Waals surface area contributed by atoms with Crippen molar-refractivity contribution in [2.75, 3.05) is 20.2 Å². The molecule has 0 aromatic heterocycles. The molecule has 0 bridgehead atoms. The summed E-state index contributed by atoms with van der Waals surface area (Å²) in [6.07, 6.45) is 0.552.